The molecule has 4 aliphatic rings. The number of piperidine rings is 1. The summed E-state index contributed by atoms with van der Waals surface area (Å²) in [7, 11) is 0. The average molecular weight is 502 g/mol. The second-order valence-electron chi connectivity index (χ2n) is 10.7. The molecule has 4 fully saturated rings. The highest BCUT2D eigenvalue weighted by atomic mass is 16.5. The predicted molar refractivity (Wildman–Crippen MR) is 143 cm³/mol. The number of hydrogen-bond acceptors (Lipinski definition) is 7. The summed E-state index contributed by atoms with van der Waals surface area (Å²) in [6, 6.07) is 6.74. The Labute approximate surface area is 218 Å². The number of amides is 1. The Kier molecular flexibility index (Phi) is 6.99. The topological polar surface area (TPSA) is 99.5 Å². The first-order chi connectivity index (χ1) is 18.2. The quantitative estimate of drug-likeness (QED) is 0.590. The first-order valence-corrected chi connectivity index (χ1v) is 13.8. The van der Waals surface area contributed by atoms with E-state index in [0.29, 0.717) is 42.2 Å². The Balaban J connectivity index is 1.41. The molecule has 3 unspecified atom stereocenters. The molecule has 2 N–H and O–H groups in total. The molecule has 3 saturated heterocycles. The molecular weight excluding hydrogens is 466 g/mol. The van der Waals surface area contributed by atoms with Crippen LogP contribution < -0.4 is 20.3 Å². The van der Waals surface area contributed by atoms with Crippen LogP contribution in [0.5, 0.6) is 5.75 Å². The smallest absolute Gasteiger partial charge is 0.248 e. The normalized spacial score (nSPS) is 25.5. The molecule has 3 atom stereocenters. The fraction of sp³-hybridized carbons (Fsp3) is 0.552. The highest BCUT2D eigenvalue weighted by molar-refractivity contribution is 6.05. The summed E-state index contributed by atoms with van der Waals surface area (Å²) in [5, 5.41) is 17.4. The van der Waals surface area contributed by atoms with E-state index in [0.717, 1.165) is 73.9 Å². The molecule has 6 rings (SSSR count). The maximum atomic E-state index is 13.1. The highest BCUT2D eigenvalue weighted by Gasteiger charge is 2.37. The fourth-order valence-electron chi connectivity index (χ4n) is 6.51. The van der Waals surface area contributed by atoms with Crippen molar-refractivity contribution in [2.24, 2.45) is 5.92 Å². The number of carbonyl (C=O) groups excluding carboxylic acids is 1. The number of fused-ring (bicyclic) bond motifs is 2. The maximum absolute atomic E-state index is 13.1. The predicted octanol–water partition coefficient (Wildman–Crippen LogP) is 4.29. The lowest BCUT2D eigenvalue weighted by atomic mass is 9.85. The van der Waals surface area contributed by atoms with Crippen LogP contribution in [0, 0.1) is 17.2 Å². The van der Waals surface area contributed by atoms with E-state index in [1.165, 1.54) is 19.3 Å². The lowest BCUT2D eigenvalue weighted by Gasteiger charge is -2.34. The van der Waals surface area contributed by atoms with Crippen LogP contribution in [0.1, 0.15) is 56.9 Å². The average Bonchev–Trinajstić information content (AvgIpc) is 3.59. The van der Waals surface area contributed by atoms with Gasteiger partial charge in [-0.25, -0.2) is 0 Å². The van der Waals surface area contributed by atoms with Crippen molar-refractivity contribution in [1.82, 2.24) is 10.3 Å². The summed E-state index contributed by atoms with van der Waals surface area (Å²) >= 11 is 0. The molecule has 194 valence electrons. The molecule has 4 heterocycles. The Morgan fingerprint density at radius 2 is 2.08 bits per heavy atom. The van der Waals surface area contributed by atoms with Crippen molar-refractivity contribution in [3.63, 3.8) is 0 Å². The van der Waals surface area contributed by atoms with E-state index in [9.17, 15) is 10.1 Å². The molecule has 1 aliphatic carbocycles. The number of nitriles is 1. The third-order valence-electron chi connectivity index (χ3n) is 8.38. The lowest BCUT2D eigenvalue weighted by Crippen LogP contribution is -2.35. The molecule has 0 bridgehead atoms. The van der Waals surface area contributed by atoms with Crippen LogP contribution in [0.3, 0.4) is 0 Å². The first kappa shape index (κ1) is 24.2. The Morgan fingerprint density at radius 1 is 1.22 bits per heavy atom. The molecule has 1 saturated carbocycles. The fourth-order valence-corrected chi connectivity index (χ4v) is 6.51. The summed E-state index contributed by atoms with van der Waals surface area (Å²) in [6.07, 6.45) is 12.0. The van der Waals surface area contributed by atoms with Gasteiger partial charge >= 0.3 is 0 Å². The number of ether oxygens (including phenoxy) is 2. The minimum atomic E-state index is -0.150. The van der Waals surface area contributed by atoms with Crippen LogP contribution in [0.15, 0.2) is 30.0 Å². The van der Waals surface area contributed by atoms with Gasteiger partial charge in [0.2, 0.25) is 5.91 Å². The SMILES string of the molecule is N#Cc1cnc2cc(OC3CCOC3)c(NC(=O)C=C3CCNCC3)cc2c1N1CCC2CCCCC21. The summed E-state index contributed by atoms with van der Waals surface area (Å²) in [6.45, 7) is 3.95. The number of carbonyl (C=O) groups is 1. The van der Waals surface area contributed by atoms with Gasteiger partial charge in [-0.1, -0.05) is 18.4 Å². The number of anilines is 2. The van der Waals surface area contributed by atoms with Crippen LogP contribution in [-0.2, 0) is 9.53 Å². The van der Waals surface area contributed by atoms with E-state index in [1.54, 1.807) is 12.3 Å². The molecule has 1 aromatic heterocycles. The summed E-state index contributed by atoms with van der Waals surface area (Å²) in [5.41, 5.74) is 4.08. The molecule has 0 radical (unpaired) electrons. The van der Waals surface area contributed by atoms with Crippen LogP contribution in [-0.4, -0.2) is 55.9 Å². The minimum Gasteiger partial charge on any atom is -0.486 e. The van der Waals surface area contributed by atoms with E-state index in [-0.39, 0.29) is 12.0 Å². The van der Waals surface area contributed by atoms with Gasteiger partial charge in [0.15, 0.2) is 0 Å². The third kappa shape index (κ3) is 5.03. The Hall–Kier alpha value is -3.15. The van der Waals surface area contributed by atoms with Crippen molar-refractivity contribution >= 4 is 28.2 Å². The zero-order valence-corrected chi connectivity index (χ0v) is 21.3. The van der Waals surface area contributed by atoms with Crippen molar-refractivity contribution in [3.05, 3.63) is 35.5 Å². The van der Waals surface area contributed by atoms with Gasteiger partial charge in [-0.3, -0.25) is 9.78 Å². The number of nitrogens with one attached hydrogen (secondary N) is 2. The van der Waals surface area contributed by atoms with Gasteiger partial charge < -0.3 is 25.0 Å². The van der Waals surface area contributed by atoms with E-state index in [4.69, 9.17) is 9.47 Å². The van der Waals surface area contributed by atoms with Gasteiger partial charge in [-0.15, -0.1) is 0 Å². The highest BCUT2D eigenvalue weighted by Crippen LogP contribution is 2.44. The molecule has 1 aromatic carbocycles. The minimum absolute atomic E-state index is 0.0599. The number of rotatable bonds is 5. The summed E-state index contributed by atoms with van der Waals surface area (Å²) < 4.78 is 11.8. The number of nitrogens with zero attached hydrogens (tertiary/aromatic N) is 3. The van der Waals surface area contributed by atoms with Gasteiger partial charge in [0.25, 0.3) is 0 Å². The van der Waals surface area contributed by atoms with Crippen LogP contribution >= 0.6 is 0 Å². The standard InChI is InChI=1S/C29H35N5O3/c30-16-21-17-32-24-15-27(37-22-8-12-36-18-22)25(33-28(35)13-19-5-9-31-10-6-19)14-23(24)29(21)34-11-7-20-3-1-2-4-26(20)34/h13-15,17,20,22,26,31H,1-12,18H2,(H,33,35). The van der Waals surface area contributed by atoms with Gasteiger partial charge in [-0.05, 0) is 57.2 Å². The summed E-state index contributed by atoms with van der Waals surface area (Å²) in [5.74, 6) is 1.13. The van der Waals surface area contributed by atoms with Gasteiger partial charge in [0.05, 0.1) is 35.7 Å². The van der Waals surface area contributed by atoms with Crippen molar-refractivity contribution < 1.29 is 14.3 Å². The first-order valence-electron chi connectivity index (χ1n) is 13.8. The lowest BCUT2D eigenvalue weighted by molar-refractivity contribution is -0.112. The Bertz CT molecular complexity index is 1240. The van der Waals surface area contributed by atoms with E-state index < -0.39 is 0 Å². The molecule has 0 spiro atoms. The number of pyridine rings is 1. The number of aromatic nitrogens is 1. The summed E-state index contributed by atoms with van der Waals surface area (Å²) in [4.78, 5) is 20.2. The second-order valence-corrected chi connectivity index (χ2v) is 10.7. The van der Waals surface area contributed by atoms with E-state index in [1.807, 2.05) is 12.1 Å². The van der Waals surface area contributed by atoms with Gasteiger partial charge in [-0.2, -0.15) is 5.26 Å². The molecular formula is C29H35N5O3. The van der Waals surface area contributed by atoms with Crippen molar-refractivity contribution in [2.45, 2.75) is 63.5 Å². The van der Waals surface area contributed by atoms with Crippen LogP contribution in [0.25, 0.3) is 10.9 Å². The zero-order chi connectivity index (χ0) is 25.2. The molecule has 8 nitrogen and oxygen atoms in total. The molecule has 1 amide bonds. The van der Waals surface area contributed by atoms with E-state index in [2.05, 4.69) is 26.6 Å². The van der Waals surface area contributed by atoms with Crippen molar-refractivity contribution in [1.29, 1.82) is 5.26 Å². The molecule has 3 aliphatic heterocycles. The Morgan fingerprint density at radius 3 is 2.89 bits per heavy atom. The number of benzene rings is 1. The zero-order valence-electron chi connectivity index (χ0n) is 21.3. The van der Waals surface area contributed by atoms with Crippen molar-refractivity contribution in [2.75, 3.05) is 43.1 Å². The van der Waals surface area contributed by atoms with Crippen LogP contribution in [0.4, 0.5) is 11.4 Å². The molecule has 37 heavy (non-hydrogen) atoms. The third-order valence-corrected chi connectivity index (χ3v) is 8.38. The van der Waals surface area contributed by atoms with Gasteiger partial charge in [0.1, 0.15) is 17.9 Å². The molecule has 8 heteroatoms. The molecule has 2 aromatic rings. The second kappa shape index (κ2) is 10.7. The maximum Gasteiger partial charge on any atom is 0.248 e. The van der Waals surface area contributed by atoms with Crippen molar-refractivity contribution in [3.8, 4) is 11.8 Å². The van der Waals surface area contributed by atoms with Gasteiger partial charge in [0, 0.05) is 42.7 Å². The number of hydrogen-bond donors (Lipinski definition) is 2. The largest absolute Gasteiger partial charge is 0.486 e. The van der Waals surface area contributed by atoms with E-state index >= 15 is 0 Å². The van der Waals surface area contributed by atoms with Crippen LogP contribution in [0.2, 0.25) is 0 Å². The monoisotopic (exact) mass is 501 g/mol.